The van der Waals surface area contributed by atoms with Crippen LogP contribution in [-0.2, 0) is 9.59 Å². The Kier molecular flexibility index (Phi) is 6.48. The predicted molar refractivity (Wildman–Crippen MR) is 145 cm³/mol. The minimum atomic E-state index is -0.701. The van der Waals surface area contributed by atoms with E-state index < -0.39 is 6.04 Å². The van der Waals surface area contributed by atoms with Gasteiger partial charge in [-0.2, -0.15) is 0 Å². The number of anilines is 1. The van der Waals surface area contributed by atoms with Crippen molar-refractivity contribution in [1.29, 1.82) is 0 Å². The molecule has 0 spiro atoms. The number of carbonyl (C=O) groups excluding carboxylic acids is 2. The fourth-order valence-corrected chi connectivity index (χ4v) is 6.28. The van der Waals surface area contributed by atoms with Crippen molar-refractivity contribution in [3.05, 3.63) is 94.0 Å². The second-order valence-corrected chi connectivity index (χ2v) is 10.8. The molecule has 2 amide bonds. The van der Waals surface area contributed by atoms with Crippen LogP contribution in [0.15, 0.2) is 68.0 Å². The average Bonchev–Trinajstić information content (AvgIpc) is 3.34. The Balaban J connectivity index is 1.82. The Morgan fingerprint density at radius 3 is 2.53 bits per heavy atom. The first kappa shape index (κ1) is 24.7. The number of amides is 2. The molecule has 1 aromatic heterocycles. The number of benzene rings is 2. The first-order chi connectivity index (χ1) is 17.2. The fourth-order valence-electron chi connectivity index (χ4n) is 4.65. The van der Waals surface area contributed by atoms with Crippen LogP contribution in [0, 0.1) is 0 Å². The number of allylic oxidation sites excluding steroid dienone is 1. The van der Waals surface area contributed by atoms with E-state index in [4.69, 9.17) is 11.6 Å². The molecule has 2 aromatic carbocycles. The summed E-state index contributed by atoms with van der Waals surface area (Å²) < 4.78 is 2.61. The summed E-state index contributed by atoms with van der Waals surface area (Å²) in [6.07, 6.45) is 0. The highest BCUT2D eigenvalue weighted by molar-refractivity contribution is 9.10. The van der Waals surface area contributed by atoms with Gasteiger partial charge in [-0.05, 0) is 56.7 Å². The fraction of sp³-hybridized carbons (Fsp3) is 0.231. The van der Waals surface area contributed by atoms with Crippen molar-refractivity contribution in [3.63, 3.8) is 0 Å². The summed E-state index contributed by atoms with van der Waals surface area (Å²) in [5, 5.41) is 3.39. The molecule has 5 rings (SSSR count). The van der Waals surface area contributed by atoms with Crippen LogP contribution in [-0.4, -0.2) is 34.4 Å². The SMILES string of the molecule is CCN(CC)C(=O)C1=C(C)N=c2s/c(=C3/C(=O)Nc4ccc(Br)cc43)c(=O)n2[C@@H]1c1ccc(Cl)cc1. The zero-order valence-corrected chi connectivity index (χ0v) is 22.9. The number of nitrogens with one attached hydrogen (secondary N) is 1. The van der Waals surface area contributed by atoms with Gasteiger partial charge in [0, 0.05) is 33.8 Å². The summed E-state index contributed by atoms with van der Waals surface area (Å²) in [6.45, 7) is 6.67. The van der Waals surface area contributed by atoms with Gasteiger partial charge in [-0.15, -0.1) is 0 Å². The Bertz CT molecular complexity index is 1630. The van der Waals surface area contributed by atoms with Gasteiger partial charge in [0.25, 0.3) is 17.4 Å². The third-order valence-corrected chi connectivity index (χ3v) is 8.22. The van der Waals surface area contributed by atoms with Gasteiger partial charge in [0.1, 0.15) is 4.53 Å². The van der Waals surface area contributed by atoms with Crippen LogP contribution < -0.4 is 20.2 Å². The molecular formula is C26H22BrClN4O3S. The Labute approximate surface area is 224 Å². The van der Waals surface area contributed by atoms with E-state index in [2.05, 4.69) is 26.2 Å². The molecule has 0 saturated carbocycles. The number of rotatable bonds is 4. The van der Waals surface area contributed by atoms with Gasteiger partial charge < -0.3 is 10.2 Å². The number of hydrogen-bond acceptors (Lipinski definition) is 5. The van der Waals surface area contributed by atoms with Crippen LogP contribution in [0.2, 0.25) is 5.02 Å². The van der Waals surface area contributed by atoms with Crippen LogP contribution >= 0.6 is 38.9 Å². The van der Waals surface area contributed by atoms with Crippen LogP contribution in [0.5, 0.6) is 0 Å². The van der Waals surface area contributed by atoms with Gasteiger partial charge >= 0.3 is 0 Å². The Morgan fingerprint density at radius 2 is 1.86 bits per heavy atom. The normalized spacial score (nSPS) is 17.9. The van der Waals surface area contributed by atoms with E-state index in [0.29, 0.717) is 51.0 Å². The van der Waals surface area contributed by atoms with Crippen LogP contribution in [0.4, 0.5) is 5.69 Å². The molecule has 0 fully saturated rings. The van der Waals surface area contributed by atoms with Crippen molar-refractivity contribution in [1.82, 2.24) is 9.47 Å². The van der Waals surface area contributed by atoms with Crippen molar-refractivity contribution in [3.8, 4) is 0 Å². The summed E-state index contributed by atoms with van der Waals surface area (Å²) >= 11 is 10.8. The molecule has 184 valence electrons. The minimum Gasteiger partial charge on any atom is -0.339 e. The number of thiazole rings is 1. The van der Waals surface area contributed by atoms with E-state index in [1.807, 2.05) is 38.1 Å². The number of carbonyl (C=O) groups is 2. The molecular weight excluding hydrogens is 564 g/mol. The zero-order valence-electron chi connectivity index (χ0n) is 19.8. The van der Waals surface area contributed by atoms with Crippen LogP contribution in [0.1, 0.15) is 37.9 Å². The maximum absolute atomic E-state index is 14.0. The molecule has 0 saturated heterocycles. The zero-order chi connectivity index (χ0) is 25.7. The lowest BCUT2D eigenvalue weighted by atomic mass is 9.94. The first-order valence-electron chi connectivity index (χ1n) is 11.5. The number of nitrogens with zero attached hydrogens (tertiary/aromatic N) is 3. The van der Waals surface area contributed by atoms with Gasteiger partial charge in [0.05, 0.1) is 22.9 Å². The van der Waals surface area contributed by atoms with Crippen molar-refractivity contribution in [2.45, 2.75) is 26.8 Å². The van der Waals surface area contributed by atoms with E-state index in [1.54, 1.807) is 30.0 Å². The average molecular weight is 586 g/mol. The van der Waals surface area contributed by atoms with Gasteiger partial charge in [0.15, 0.2) is 4.80 Å². The van der Waals surface area contributed by atoms with Crippen LogP contribution in [0.25, 0.3) is 5.57 Å². The molecule has 0 unspecified atom stereocenters. The lowest BCUT2D eigenvalue weighted by molar-refractivity contribution is -0.127. The quantitative estimate of drug-likeness (QED) is 0.505. The molecule has 2 aliphatic heterocycles. The third-order valence-electron chi connectivity index (χ3n) is 6.42. The van der Waals surface area contributed by atoms with Crippen molar-refractivity contribution in [2.24, 2.45) is 4.99 Å². The molecule has 1 atom stereocenters. The van der Waals surface area contributed by atoms with E-state index in [-0.39, 0.29) is 21.9 Å². The summed E-state index contributed by atoms with van der Waals surface area (Å²) in [4.78, 5) is 47.5. The first-order valence-corrected chi connectivity index (χ1v) is 13.4. The van der Waals surface area contributed by atoms with Gasteiger partial charge in [-0.3, -0.25) is 19.0 Å². The summed E-state index contributed by atoms with van der Waals surface area (Å²) in [7, 11) is 0. The molecule has 0 radical (unpaired) electrons. The van der Waals surface area contributed by atoms with Crippen molar-refractivity contribution in [2.75, 3.05) is 18.4 Å². The summed E-state index contributed by atoms with van der Waals surface area (Å²) in [5.41, 5.74) is 2.95. The number of aromatic nitrogens is 1. The van der Waals surface area contributed by atoms with Gasteiger partial charge in [0.2, 0.25) is 0 Å². The predicted octanol–water partition coefficient (Wildman–Crippen LogP) is 3.84. The highest BCUT2D eigenvalue weighted by Gasteiger charge is 2.35. The van der Waals surface area contributed by atoms with Gasteiger partial charge in [-0.25, -0.2) is 4.99 Å². The molecule has 0 bridgehead atoms. The number of fused-ring (bicyclic) bond motifs is 2. The monoisotopic (exact) mass is 584 g/mol. The number of halogens is 2. The standard InChI is InChI=1S/C26H22BrClN4O3S/c1-4-31(5-2)24(34)19-13(3)29-26-32(21(19)14-6-9-16(28)10-7-14)25(35)22(36-26)20-17-12-15(27)8-11-18(17)30-23(20)33/h6-12,21H,4-5H2,1-3H3,(H,30,33)/b22-20+/t21-/m1/s1. The molecule has 1 N–H and O–H groups in total. The Morgan fingerprint density at radius 1 is 1.17 bits per heavy atom. The number of likely N-dealkylation sites (N-methyl/N-ethyl adjacent to an activating group) is 1. The van der Waals surface area contributed by atoms with E-state index in [1.165, 1.54) is 4.57 Å². The van der Waals surface area contributed by atoms with E-state index in [9.17, 15) is 14.4 Å². The minimum absolute atomic E-state index is 0.174. The molecule has 3 aromatic rings. The van der Waals surface area contributed by atoms with Crippen molar-refractivity contribution < 1.29 is 9.59 Å². The van der Waals surface area contributed by atoms with E-state index >= 15 is 0 Å². The molecule has 7 nitrogen and oxygen atoms in total. The summed E-state index contributed by atoms with van der Waals surface area (Å²) in [5.74, 6) is -0.515. The highest BCUT2D eigenvalue weighted by atomic mass is 79.9. The molecule has 10 heteroatoms. The lowest BCUT2D eigenvalue weighted by Gasteiger charge is -2.29. The second kappa shape index (κ2) is 9.46. The maximum atomic E-state index is 14.0. The molecule has 0 aliphatic carbocycles. The largest absolute Gasteiger partial charge is 0.339 e. The molecule has 3 heterocycles. The van der Waals surface area contributed by atoms with E-state index in [0.717, 1.165) is 21.4 Å². The molecule has 36 heavy (non-hydrogen) atoms. The van der Waals surface area contributed by atoms with Crippen molar-refractivity contribution >= 4 is 61.9 Å². The lowest BCUT2D eigenvalue weighted by Crippen LogP contribution is -2.43. The number of hydrogen-bond donors (Lipinski definition) is 1. The summed E-state index contributed by atoms with van der Waals surface area (Å²) in [6, 6.07) is 11.9. The highest BCUT2D eigenvalue weighted by Crippen LogP contribution is 2.34. The molecule has 2 aliphatic rings. The third kappa shape index (κ3) is 3.95. The van der Waals surface area contributed by atoms with Crippen LogP contribution in [0.3, 0.4) is 0 Å². The maximum Gasteiger partial charge on any atom is 0.271 e. The Hall–Kier alpha value is -3.01. The smallest absolute Gasteiger partial charge is 0.271 e. The van der Waals surface area contributed by atoms with Gasteiger partial charge in [-0.1, -0.05) is 51.0 Å². The second-order valence-electron chi connectivity index (χ2n) is 8.45. The topological polar surface area (TPSA) is 83.8 Å².